The lowest BCUT2D eigenvalue weighted by molar-refractivity contribution is 0.187. The highest BCUT2D eigenvalue weighted by atomic mass is 16.3. The quantitative estimate of drug-likeness (QED) is 0.627. The molecule has 0 radical (unpaired) electrons. The van der Waals surface area contributed by atoms with Crippen molar-refractivity contribution in [3.8, 4) is 0 Å². The Balaban J connectivity index is 2.41. The molecule has 0 aliphatic carbocycles. The van der Waals surface area contributed by atoms with Crippen LogP contribution in [-0.4, -0.2) is 36.9 Å². The van der Waals surface area contributed by atoms with Crippen molar-refractivity contribution in [2.75, 3.05) is 19.7 Å². The van der Waals surface area contributed by atoms with E-state index in [0.29, 0.717) is 12.1 Å². The fourth-order valence-electron chi connectivity index (χ4n) is 1.98. The number of nitrogens with one attached hydrogen (secondary N) is 2. The molecule has 0 amide bonds. The molecule has 1 aliphatic rings. The zero-order valence-electron chi connectivity index (χ0n) is 9.64. The zero-order valence-corrected chi connectivity index (χ0v) is 9.64. The Labute approximate surface area is 87.3 Å². The second kappa shape index (κ2) is 5.10. The number of rotatable bonds is 4. The van der Waals surface area contributed by atoms with E-state index in [-0.39, 0.29) is 12.0 Å². The average Bonchev–Trinajstić information content (AvgIpc) is 2.54. The maximum atomic E-state index is 9.02. The first-order valence-electron chi connectivity index (χ1n) is 5.61. The molecule has 0 bridgehead atoms. The van der Waals surface area contributed by atoms with Gasteiger partial charge in [0, 0.05) is 25.2 Å². The summed E-state index contributed by atoms with van der Waals surface area (Å²) in [6.45, 7) is 9.13. The van der Waals surface area contributed by atoms with Crippen molar-refractivity contribution in [2.24, 2.45) is 5.41 Å². The maximum Gasteiger partial charge on any atom is 0.0446 e. The monoisotopic (exact) mass is 200 g/mol. The van der Waals surface area contributed by atoms with Crippen LogP contribution in [0.2, 0.25) is 0 Å². The van der Waals surface area contributed by atoms with Crippen LogP contribution in [0.5, 0.6) is 0 Å². The molecule has 1 aliphatic heterocycles. The SMILES string of the molecule is CC(C)(C)C(CCO)NC1CCNC1. The summed E-state index contributed by atoms with van der Waals surface area (Å²) in [5.41, 5.74) is 0.228. The van der Waals surface area contributed by atoms with Gasteiger partial charge in [0.05, 0.1) is 0 Å². The molecule has 1 saturated heterocycles. The minimum atomic E-state index is 0.228. The Bertz CT molecular complexity index is 159. The van der Waals surface area contributed by atoms with Gasteiger partial charge in [-0.3, -0.25) is 0 Å². The molecule has 3 nitrogen and oxygen atoms in total. The standard InChI is InChI=1S/C11H24N2O/c1-11(2,3)10(5-7-14)13-9-4-6-12-8-9/h9-10,12-14H,4-8H2,1-3H3. The molecule has 2 unspecified atom stereocenters. The third-order valence-corrected chi connectivity index (χ3v) is 2.96. The normalized spacial score (nSPS) is 25.3. The molecule has 3 heteroatoms. The van der Waals surface area contributed by atoms with E-state index in [4.69, 9.17) is 5.11 Å². The number of aliphatic hydroxyl groups is 1. The molecule has 84 valence electrons. The van der Waals surface area contributed by atoms with Gasteiger partial charge in [0.15, 0.2) is 0 Å². The lowest BCUT2D eigenvalue weighted by Gasteiger charge is -2.33. The van der Waals surface area contributed by atoms with E-state index in [1.165, 1.54) is 6.42 Å². The predicted octanol–water partition coefficient (Wildman–Crippen LogP) is 0.735. The van der Waals surface area contributed by atoms with Gasteiger partial charge in [0.1, 0.15) is 0 Å². The second-order valence-electron chi connectivity index (χ2n) is 5.29. The van der Waals surface area contributed by atoms with Gasteiger partial charge >= 0.3 is 0 Å². The number of aliphatic hydroxyl groups excluding tert-OH is 1. The molecule has 0 aromatic rings. The number of hydrogen-bond acceptors (Lipinski definition) is 3. The Kier molecular flexibility index (Phi) is 4.35. The summed E-state index contributed by atoms with van der Waals surface area (Å²) in [5.74, 6) is 0. The Morgan fingerprint density at radius 3 is 2.64 bits per heavy atom. The zero-order chi connectivity index (χ0) is 10.6. The summed E-state index contributed by atoms with van der Waals surface area (Å²) >= 11 is 0. The van der Waals surface area contributed by atoms with E-state index < -0.39 is 0 Å². The molecule has 1 heterocycles. The van der Waals surface area contributed by atoms with Crippen molar-refractivity contribution in [3.63, 3.8) is 0 Å². The number of hydrogen-bond donors (Lipinski definition) is 3. The summed E-state index contributed by atoms with van der Waals surface area (Å²) in [4.78, 5) is 0. The molecular weight excluding hydrogens is 176 g/mol. The van der Waals surface area contributed by atoms with Gasteiger partial charge in [-0.2, -0.15) is 0 Å². The summed E-state index contributed by atoms with van der Waals surface area (Å²) in [7, 11) is 0. The molecule has 0 saturated carbocycles. The van der Waals surface area contributed by atoms with E-state index in [0.717, 1.165) is 19.5 Å². The molecular formula is C11H24N2O. The Morgan fingerprint density at radius 2 is 2.21 bits per heavy atom. The van der Waals surface area contributed by atoms with Gasteiger partial charge in [-0.1, -0.05) is 20.8 Å². The third kappa shape index (κ3) is 3.56. The Morgan fingerprint density at radius 1 is 1.50 bits per heavy atom. The third-order valence-electron chi connectivity index (χ3n) is 2.96. The molecule has 3 N–H and O–H groups in total. The highest BCUT2D eigenvalue weighted by molar-refractivity contribution is 4.87. The first-order valence-corrected chi connectivity index (χ1v) is 5.61. The predicted molar refractivity (Wildman–Crippen MR) is 59.4 cm³/mol. The molecule has 1 rings (SSSR count). The van der Waals surface area contributed by atoms with Crippen LogP contribution in [0.1, 0.15) is 33.6 Å². The fraction of sp³-hybridized carbons (Fsp3) is 1.00. The lowest BCUT2D eigenvalue weighted by Crippen LogP contribution is -2.47. The van der Waals surface area contributed by atoms with Crippen LogP contribution in [-0.2, 0) is 0 Å². The van der Waals surface area contributed by atoms with Gasteiger partial charge in [0.25, 0.3) is 0 Å². The van der Waals surface area contributed by atoms with Crippen LogP contribution in [0.15, 0.2) is 0 Å². The molecule has 0 aromatic carbocycles. The van der Waals surface area contributed by atoms with Crippen molar-refractivity contribution in [1.29, 1.82) is 0 Å². The van der Waals surface area contributed by atoms with Crippen LogP contribution in [0, 0.1) is 5.41 Å². The van der Waals surface area contributed by atoms with Gasteiger partial charge < -0.3 is 15.7 Å². The second-order valence-corrected chi connectivity index (χ2v) is 5.29. The minimum absolute atomic E-state index is 0.228. The van der Waals surface area contributed by atoms with E-state index in [1.807, 2.05) is 0 Å². The van der Waals surface area contributed by atoms with E-state index in [9.17, 15) is 0 Å². The van der Waals surface area contributed by atoms with Crippen molar-refractivity contribution in [3.05, 3.63) is 0 Å². The highest BCUT2D eigenvalue weighted by Crippen LogP contribution is 2.22. The van der Waals surface area contributed by atoms with Crippen LogP contribution >= 0.6 is 0 Å². The van der Waals surface area contributed by atoms with Crippen LogP contribution in [0.25, 0.3) is 0 Å². The topological polar surface area (TPSA) is 44.3 Å². The van der Waals surface area contributed by atoms with Crippen LogP contribution in [0.4, 0.5) is 0 Å². The summed E-state index contributed by atoms with van der Waals surface area (Å²) in [6.07, 6.45) is 2.05. The Hall–Kier alpha value is -0.120. The largest absolute Gasteiger partial charge is 0.396 e. The highest BCUT2D eigenvalue weighted by Gasteiger charge is 2.27. The fourth-order valence-corrected chi connectivity index (χ4v) is 1.98. The average molecular weight is 200 g/mol. The molecule has 1 fully saturated rings. The van der Waals surface area contributed by atoms with E-state index >= 15 is 0 Å². The smallest absolute Gasteiger partial charge is 0.0446 e. The maximum absolute atomic E-state index is 9.02. The van der Waals surface area contributed by atoms with Gasteiger partial charge in [-0.25, -0.2) is 0 Å². The van der Waals surface area contributed by atoms with Crippen LogP contribution < -0.4 is 10.6 Å². The summed E-state index contributed by atoms with van der Waals surface area (Å²) in [5, 5.41) is 16.0. The lowest BCUT2D eigenvalue weighted by atomic mass is 9.84. The molecule has 2 atom stereocenters. The van der Waals surface area contributed by atoms with Crippen LogP contribution in [0.3, 0.4) is 0 Å². The molecule has 14 heavy (non-hydrogen) atoms. The van der Waals surface area contributed by atoms with Crippen molar-refractivity contribution in [2.45, 2.75) is 45.7 Å². The van der Waals surface area contributed by atoms with Gasteiger partial charge in [-0.15, -0.1) is 0 Å². The first-order chi connectivity index (χ1) is 6.54. The van der Waals surface area contributed by atoms with Crippen molar-refractivity contribution < 1.29 is 5.11 Å². The minimum Gasteiger partial charge on any atom is -0.396 e. The van der Waals surface area contributed by atoms with Crippen molar-refractivity contribution >= 4 is 0 Å². The van der Waals surface area contributed by atoms with Crippen molar-refractivity contribution in [1.82, 2.24) is 10.6 Å². The van der Waals surface area contributed by atoms with E-state index in [2.05, 4.69) is 31.4 Å². The summed E-state index contributed by atoms with van der Waals surface area (Å²) in [6, 6.07) is 1.00. The van der Waals surface area contributed by atoms with Gasteiger partial charge in [-0.05, 0) is 24.8 Å². The molecule has 0 aromatic heterocycles. The van der Waals surface area contributed by atoms with Gasteiger partial charge in [0.2, 0.25) is 0 Å². The summed E-state index contributed by atoms with van der Waals surface area (Å²) < 4.78 is 0. The van der Waals surface area contributed by atoms with E-state index in [1.54, 1.807) is 0 Å². The first kappa shape index (κ1) is 12.0. The molecule has 0 spiro atoms.